The summed E-state index contributed by atoms with van der Waals surface area (Å²) in [5, 5.41) is 6.50. The molecule has 11 heteroatoms. The molecule has 2 aliphatic heterocycles. The molecule has 0 bridgehead atoms. The molecule has 0 unspecified atom stereocenters. The quantitative estimate of drug-likeness (QED) is 0.296. The van der Waals surface area contributed by atoms with Crippen molar-refractivity contribution in [3.05, 3.63) is 53.7 Å². The lowest BCUT2D eigenvalue weighted by molar-refractivity contribution is -0.143. The molecular formula is C36H44F3N5O3. The highest BCUT2D eigenvalue weighted by molar-refractivity contribution is 5.95. The van der Waals surface area contributed by atoms with E-state index in [1.807, 2.05) is 12.1 Å². The fraction of sp³-hybridized carbons (Fsp3) is 0.528. The Balaban J connectivity index is 1.16. The van der Waals surface area contributed by atoms with Gasteiger partial charge in [0.15, 0.2) is 0 Å². The van der Waals surface area contributed by atoms with Crippen LogP contribution in [0.15, 0.2) is 42.5 Å². The first-order chi connectivity index (χ1) is 22.6. The second-order valence-electron chi connectivity index (χ2n) is 13.2. The number of ether oxygens (including phenoxy) is 2. The van der Waals surface area contributed by atoms with Crippen LogP contribution in [0.1, 0.15) is 54.6 Å². The van der Waals surface area contributed by atoms with Crippen molar-refractivity contribution in [3.8, 4) is 17.6 Å². The molecule has 2 saturated heterocycles. The van der Waals surface area contributed by atoms with E-state index in [1.165, 1.54) is 24.5 Å². The maximum Gasteiger partial charge on any atom is 0.406 e. The Bertz CT molecular complexity index is 1640. The number of likely N-dealkylation sites (tertiary alicyclic amines) is 1. The van der Waals surface area contributed by atoms with Crippen LogP contribution < -0.4 is 20.3 Å². The molecule has 1 aliphatic carbocycles. The van der Waals surface area contributed by atoms with Crippen molar-refractivity contribution in [3.63, 3.8) is 0 Å². The fourth-order valence-electron chi connectivity index (χ4n) is 7.48. The molecule has 0 atom stereocenters. The number of piperidine rings is 1. The molecule has 3 heterocycles. The highest BCUT2D eigenvalue weighted by Crippen LogP contribution is 2.41. The second-order valence-corrected chi connectivity index (χ2v) is 13.2. The molecule has 8 nitrogen and oxygen atoms in total. The topological polar surface area (TPSA) is 71.0 Å². The van der Waals surface area contributed by atoms with Gasteiger partial charge in [-0.1, -0.05) is 12.0 Å². The number of halogens is 3. The summed E-state index contributed by atoms with van der Waals surface area (Å²) >= 11 is 0. The van der Waals surface area contributed by atoms with Gasteiger partial charge in [0.2, 0.25) is 0 Å². The van der Waals surface area contributed by atoms with Gasteiger partial charge in [0.1, 0.15) is 12.3 Å². The molecule has 3 aromatic rings. The molecule has 1 amide bonds. The number of anilines is 2. The van der Waals surface area contributed by atoms with E-state index in [9.17, 15) is 18.0 Å². The first kappa shape index (κ1) is 33.0. The minimum Gasteiger partial charge on any atom is -0.495 e. The average molecular weight is 652 g/mol. The van der Waals surface area contributed by atoms with Crippen LogP contribution in [0, 0.1) is 17.3 Å². The van der Waals surface area contributed by atoms with Gasteiger partial charge < -0.3 is 34.5 Å². The van der Waals surface area contributed by atoms with Gasteiger partial charge in [-0.15, -0.1) is 0 Å². The molecule has 2 aromatic carbocycles. The van der Waals surface area contributed by atoms with Crippen molar-refractivity contribution in [2.75, 3.05) is 64.3 Å². The van der Waals surface area contributed by atoms with Crippen LogP contribution in [-0.4, -0.2) is 87.7 Å². The SMILES string of the molecule is CNC(=O)c1ccc(NCC#Cc2cc3c(N(C)C4CCC(N5CCC6(CC5)COC6)CC4)cccc3n2CC(F)(F)F)c(OC)c1. The highest BCUT2D eigenvalue weighted by Gasteiger charge is 2.42. The molecule has 6 rings (SSSR count). The minimum atomic E-state index is -4.40. The Morgan fingerprint density at radius 1 is 1.11 bits per heavy atom. The summed E-state index contributed by atoms with van der Waals surface area (Å²) in [6.07, 6.45) is 2.42. The number of methoxy groups -OCH3 is 1. The number of amides is 1. The number of nitrogens with one attached hydrogen (secondary N) is 2. The molecule has 1 saturated carbocycles. The van der Waals surface area contributed by atoms with Gasteiger partial charge in [0.25, 0.3) is 5.91 Å². The number of hydrogen-bond acceptors (Lipinski definition) is 6. The summed E-state index contributed by atoms with van der Waals surface area (Å²) in [4.78, 5) is 16.9. The van der Waals surface area contributed by atoms with Gasteiger partial charge in [0.05, 0.1) is 43.8 Å². The minimum absolute atomic E-state index is 0.172. The Morgan fingerprint density at radius 2 is 1.85 bits per heavy atom. The van der Waals surface area contributed by atoms with E-state index in [1.54, 1.807) is 37.4 Å². The third-order valence-corrected chi connectivity index (χ3v) is 10.3. The van der Waals surface area contributed by atoms with Crippen LogP contribution in [0.5, 0.6) is 5.75 Å². The monoisotopic (exact) mass is 651 g/mol. The molecule has 3 fully saturated rings. The summed E-state index contributed by atoms with van der Waals surface area (Å²) in [6, 6.07) is 13.3. The number of alkyl halides is 3. The van der Waals surface area contributed by atoms with Crippen molar-refractivity contribution < 1.29 is 27.4 Å². The molecular weight excluding hydrogens is 607 g/mol. The molecule has 1 aromatic heterocycles. The van der Waals surface area contributed by atoms with Crippen LogP contribution in [0.25, 0.3) is 10.9 Å². The van der Waals surface area contributed by atoms with Crippen molar-refractivity contribution in [2.24, 2.45) is 5.41 Å². The number of benzene rings is 2. The zero-order valence-corrected chi connectivity index (χ0v) is 27.4. The van der Waals surface area contributed by atoms with Gasteiger partial charge in [-0.25, -0.2) is 0 Å². The van der Waals surface area contributed by atoms with E-state index in [4.69, 9.17) is 9.47 Å². The summed E-state index contributed by atoms with van der Waals surface area (Å²) < 4.78 is 53.6. The van der Waals surface area contributed by atoms with E-state index in [0.717, 1.165) is 63.1 Å². The van der Waals surface area contributed by atoms with Crippen molar-refractivity contribution in [1.29, 1.82) is 0 Å². The van der Waals surface area contributed by atoms with Crippen molar-refractivity contribution >= 4 is 28.2 Å². The van der Waals surface area contributed by atoms with Crippen LogP contribution >= 0.6 is 0 Å². The Morgan fingerprint density at radius 3 is 2.49 bits per heavy atom. The van der Waals surface area contributed by atoms with E-state index in [-0.39, 0.29) is 12.5 Å². The van der Waals surface area contributed by atoms with E-state index in [2.05, 4.69) is 39.3 Å². The molecule has 3 aliphatic rings. The van der Waals surface area contributed by atoms with E-state index >= 15 is 0 Å². The Hall–Kier alpha value is -3.88. The zero-order chi connectivity index (χ0) is 33.2. The maximum atomic E-state index is 13.8. The van der Waals surface area contributed by atoms with Crippen LogP contribution in [0.3, 0.4) is 0 Å². The summed E-state index contributed by atoms with van der Waals surface area (Å²) in [5.74, 6) is 6.21. The molecule has 1 spiro atoms. The van der Waals surface area contributed by atoms with Gasteiger partial charge in [-0.3, -0.25) is 4.79 Å². The average Bonchev–Trinajstić information content (AvgIpc) is 3.41. The summed E-state index contributed by atoms with van der Waals surface area (Å²) in [7, 11) is 5.13. The molecule has 0 radical (unpaired) electrons. The van der Waals surface area contributed by atoms with Crippen molar-refractivity contribution in [2.45, 2.75) is 63.3 Å². The van der Waals surface area contributed by atoms with Gasteiger partial charge in [-0.2, -0.15) is 13.2 Å². The number of aromatic nitrogens is 1. The molecule has 2 N–H and O–H groups in total. The van der Waals surface area contributed by atoms with Crippen LogP contribution in [-0.2, 0) is 11.3 Å². The van der Waals surface area contributed by atoms with Gasteiger partial charge in [-0.05, 0) is 93.9 Å². The highest BCUT2D eigenvalue weighted by atomic mass is 19.4. The first-order valence-electron chi connectivity index (χ1n) is 16.5. The Kier molecular flexibility index (Phi) is 9.62. The third kappa shape index (κ3) is 7.19. The Labute approximate surface area is 274 Å². The number of nitrogens with zero attached hydrogens (tertiary/aromatic N) is 3. The third-order valence-electron chi connectivity index (χ3n) is 10.3. The first-order valence-corrected chi connectivity index (χ1v) is 16.5. The van der Waals surface area contributed by atoms with Crippen LogP contribution in [0.4, 0.5) is 24.5 Å². The smallest absolute Gasteiger partial charge is 0.406 e. The summed E-state index contributed by atoms with van der Waals surface area (Å²) in [5.41, 5.74) is 3.27. The number of hydrogen-bond donors (Lipinski definition) is 2. The molecule has 47 heavy (non-hydrogen) atoms. The number of fused-ring (bicyclic) bond motifs is 1. The standard InChI is InChI=1S/C36H44F3N5O3/c1-40-34(45)25-9-14-30(33(20-25)46-3)41-17-5-6-28-21-29-31(7-4-8-32(29)44(28)22-36(37,38)39)42(2)26-10-12-27(13-11-26)43-18-15-35(16-19-43)23-47-24-35/h4,7-9,14,20-21,26-27,41H,10-13,15-19,22-24H2,1-3H3,(H,40,45). The lowest BCUT2D eigenvalue weighted by atomic mass is 9.76. The summed E-state index contributed by atoms with van der Waals surface area (Å²) in [6.45, 7) is 3.19. The molecule has 252 valence electrons. The normalized spacial score (nSPS) is 21.1. The van der Waals surface area contributed by atoms with Crippen LogP contribution in [0.2, 0.25) is 0 Å². The lowest BCUT2D eigenvalue weighted by Crippen LogP contribution is -2.54. The maximum absolute atomic E-state index is 13.8. The van der Waals surface area contributed by atoms with Gasteiger partial charge in [0, 0.05) is 48.2 Å². The largest absolute Gasteiger partial charge is 0.495 e. The predicted octanol–water partition coefficient (Wildman–Crippen LogP) is 5.90. The zero-order valence-electron chi connectivity index (χ0n) is 27.4. The van der Waals surface area contributed by atoms with Crippen molar-refractivity contribution in [1.82, 2.24) is 14.8 Å². The lowest BCUT2D eigenvalue weighted by Gasteiger charge is -2.50. The van der Waals surface area contributed by atoms with E-state index < -0.39 is 12.7 Å². The number of carbonyl (C=O) groups is 1. The predicted molar refractivity (Wildman–Crippen MR) is 178 cm³/mol. The van der Waals surface area contributed by atoms with Gasteiger partial charge >= 0.3 is 6.18 Å². The fourth-order valence-corrected chi connectivity index (χ4v) is 7.48. The number of rotatable bonds is 8. The van der Waals surface area contributed by atoms with E-state index in [0.29, 0.717) is 45.7 Å². The second kappa shape index (κ2) is 13.7. The number of carbonyl (C=O) groups excluding carboxylic acids is 1.